The third-order valence-electron chi connectivity index (χ3n) is 2.39. The highest BCUT2D eigenvalue weighted by Crippen LogP contribution is 2.10. The molecule has 7 nitrogen and oxygen atoms in total. The van der Waals surface area contributed by atoms with Gasteiger partial charge in [-0.15, -0.1) is 12.4 Å². The fraction of sp³-hybridized carbons (Fsp3) is 0.357. The maximum absolute atomic E-state index is 11.5. The molecule has 0 aliphatic rings. The molecule has 0 aliphatic heterocycles. The molecular weight excluding hydrogens is 310 g/mol. The van der Waals surface area contributed by atoms with E-state index in [4.69, 9.17) is 10.1 Å². The standard InChI is InChI=1S/C14H19N3O4.ClH/c1-3-20-12(18)9-16-14(19)17-11-7-5-10(6-8-11)13(15)21-4-2;/h5-8,15H,3-4,9H2,1-2H3,(H2,16,17,19);1H. The van der Waals surface area contributed by atoms with Crippen LogP contribution >= 0.6 is 12.4 Å². The molecule has 3 N–H and O–H groups in total. The van der Waals surface area contributed by atoms with Crippen LogP contribution in [0.1, 0.15) is 19.4 Å². The number of hydrogen-bond donors (Lipinski definition) is 3. The van der Waals surface area contributed by atoms with E-state index in [9.17, 15) is 9.59 Å². The summed E-state index contributed by atoms with van der Waals surface area (Å²) in [4.78, 5) is 22.6. The van der Waals surface area contributed by atoms with E-state index in [0.29, 0.717) is 17.9 Å². The Hall–Kier alpha value is -2.28. The van der Waals surface area contributed by atoms with Crippen LogP contribution in [0.5, 0.6) is 0 Å². The molecule has 0 unspecified atom stereocenters. The topological polar surface area (TPSA) is 101 Å². The van der Waals surface area contributed by atoms with E-state index in [-0.39, 0.29) is 31.5 Å². The van der Waals surface area contributed by atoms with E-state index in [1.165, 1.54) is 0 Å². The molecule has 0 spiro atoms. The number of carbonyl (C=O) groups excluding carboxylic acids is 2. The van der Waals surface area contributed by atoms with Gasteiger partial charge in [-0.1, -0.05) is 0 Å². The van der Waals surface area contributed by atoms with Crippen LogP contribution in [0.2, 0.25) is 0 Å². The van der Waals surface area contributed by atoms with Crippen LogP contribution in [0.25, 0.3) is 0 Å². The number of amides is 2. The first-order valence-corrected chi connectivity index (χ1v) is 6.59. The second kappa shape index (κ2) is 10.4. The van der Waals surface area contributed by atoms with Crippen LogP contribution in [-0.4, -0.2) is 37.7 Å². The van der Waals surface area contributed by atoms with Gasteiger partial charge in [0, 0.05) is 11.3 Å². The van der Waals surface area contributed by atoms with Gasteiger partial charge < -0.3 is 20.1 Å². The number of hydrogen-bond acceptors (Lipinski definition) is 5. The van der Waals surface area contributed by atoms with Gasteiger partial charge in [-0.05, 0) is 38.1 Å². The van der Waals surface area contributed by atoms with Gasteiger partial charge in [0.25, 0.3) is 0 Å². The molecule has 0 aromatic heterocycles. The van der Waals surface area contributed by atoms with Crippen molar-refractivity contribution >= 4 is 36.0 Å². The summed E-state index contributed by atoms with van der Waals surface area (Å²) in [6.07, 6.45) is 0. The summed E-state index contributed by atoms with van der Waals surface area (Å²) in [6.45, 7) is 4.01. The largest absolute Gasteiger partial charge is 0.478 e. The van der Waals surface area contributed by atoms with Gasteiger partial charge in [0.15, 0.2) is 0 Å². The Bertz CT molecular complexity index is 505. The normalized spacial score (nSPS) is 9.18. The van der Waals surface area contributed by atoms with Gasteiger partial charge in [0.05, 0.1) is 13.2 Å². The van der Waals surface area contributed by atoms with Crippen LogP contribution in [0, 0.1) is 5.41 Å². The van der Waals surface area contributed by atoms with Crippen molar-refractivity contribution in [1.82, 2.24) is 5.32 Å². The molecule has 1 rings (SSSR count). The van der Waals surface area contributed by atoms with E-state index in [2.05, 4.69) is 15.4 Å². The van der Waals surface area contributed by atoms with E-state index < -0.39 is 12.0 Å². The SMILES string of the molecule is CCOC(=N)c1ccc(NC(=O)NCC(=O)OCC)cc1.Cl. The Balaban J connectivity index is 0.00000441. The monoisotopic (exact) mass is 329 g/mol. The highest BCUT2D eigenvalue weighted by atomic mass is 35.5. The number of esters is 1. The highest BCUT2D eigenvalue weighted by molar-refractivity contribution is 5.94. The molecule has 0 saturated carbocycles. The molecule has 2 amide bonds. The third kappa shape index (κ3) is 6.94. The first-order chi connectivity index (χ1) is 10.1. The van der Waals surface area contributed by atoms with Gasteiger partial charge in [-0.3, -0.25) is 10.2 Å². The van der Waals surface area contributed by atoms with E-state index in [1.54, 1.807) is 38.1 Å². The second-order valence-corrected chi connectivity index (χ2v) is 3.95. The maximum atomic E-state index is 11.5. The fourth-order valence-corrected chi connectivity index (χ4v) is 1.47. The number of ether oxygens (including phenoxy) is 2. The molecular formula is C14H20ClN3O4. The van der Waals surface area contributed by atoms with Crippen molar-refractivity contribution in [3.63, 3.8) is 0 Å². The first-order valence-electron chi connectivity index (χ1n) is 6.59. The molecule has 1 aromatic carbocycles. The Labute approximate surface area is 135 Å². The van der Waals surface area contributed by atoms with Gasteiger partial charge in [0.2, 0.25) is 5.90 Å². The Kier molecular flexibility index (Phi) is 9.36. The number of halogens is 1. The van der Waals surface area contributed by atoms with Crippen molar-refractivity contribution in [3.05, 3.63) is 29.8 Å². The summed E-state index contributed by atoms with van der Waals surface area (Å²) < 4.78 is 9.76. The van der Waals surface area contributed by atoms with Crippen molar-refractivity contribution in [2.24, 2.45) is 0 Å². The smallest absolute Gasteiger partial charge is 0.325 e. The minimum Gasteiger partial charge on any atom is -0.478 e. The van der Waals surface area contributed by atoms with Crippen LogP contribution in [-0.2, 0) is 14.3 Å². The summed E-state index contributed by atoms with van der Waals surface area (Å²) >= 11 is 0. The lowest BCUT2D eigenvalue weighted by atomic mass is 10.2. The van der Waals surface area contributed by atoms with Crippen molar-refractivity contribution in [1.29, 1.82) is 5.41 Å². The number of nitrogens with one attached hydrogen (secondary N) is 3. The molecule has 1 aromatic rings. The van der Waals surface area contributed by atoms with E-state index >= 15 is 0 Å². The van der Waals surface area contributed by atoms with Crippen LogP contribution in [0.4, 0.5) is 10.5 Å². The molecule has 22 heavy (non-hydrogen) atoms. The average molecular weight is 330 g/mol. The molecule has 0 saturated heterocycles. The lowest BCUT2D eigenvalue weighted by Gasteiger charge is -2.08. The average Bonchev–Trinajstić information content (AvgIpc) is 2.46. The van der Waals surface area contributed by atoms with E-state index in [1.807, 2.05) is 0 Å². The molecule has 8 heteroatoms. The lowest BCUT2D eigenvalue weighted by molar-refractivity contribution is -0.141. The molecule has 0 radical (unpaired) electrons. The van der Waals surface area contributed by atoms with Crippen LogP contribution < -0.4 is 10.6 Å². The fourth-order valence-electron chi connectivity index (χ4n) is 1.47. The Morgan fingerprint density at radius 3 is 2.23 bits per heavy atom. The molecule has 122 valence electrons. The van der Waals surface area contributed by atoms with Crippen molar-refractivity contribution in [2.75, 3.05) is 25.1 Å². The van der Waals surface area contributed by atoms with Crippen LogP contribution in [0.3, 0.4) is 0 Å². The second-order valence-electron chi connectivity index (χ2n) is 3.95. The van der Waals surface area contributed by atoms with Crippen molar-refractivity contribution < 1.29 is 19.1 Å². The summed E-state index contributed by atoms with van der Waals surface area (Å²) in [5.74, 6) is -0.413. The predicted octanol–water partition coefficient (Wildman–Crippen LogP) is 2.15. The quantitative estimate of drug-likeness (QED) is 0.423. The van der Waals surface area contributed by atoms with Crippen molar-refractivity contribution in [2.45, 2.75) is 13.8 Å². The molecule has 0 heterocycles. The highest BCUT2D eigenvalue weighted by Gasteiger charge is 2.07. The van der Waals surface area contributed by atoms with Gasteiger partial charge in [0.1, 0.15) is 6.54 Å². The first kappa shape index (κ1) is 19.7. The lowest BCUT2D eigenvalue weighted by Crippen LogP contribution is -2.34. The summed E-state index contributed by atoms with van der Waals surface area (Å²) in [7, 11) is 0. The van der Waals surface area contributed by atoms with Gasteiger partial charge in [-0.2, -0.15) is 0 Å². The number of carbonyl (C=O) groups is 2. The van der Waals surface area contributed by atoms with Gasteiger partial charge >= 0.3 is 12.0 Å². The predicted molar refractivity (Wildman–Crippen MR) is 85.8 cm³/mol. The Morgan fingerprint density at radius 1 is 1.09 bits per heavy atom. The number of anilines is 1. The summed E-state index contributed by atoms with van der Waals surface area (Å²) in [5.41, 5.74) is 1.17. The number of rotatable bonds is 6. The van der Waals surface area contributed by atoms with Gasteiger partial charge in [-0.25, -0.2) is 4.79 Å². The summed E-state index contributed by atoms with van der Waals surface area (Å²) in [5, 5.41) is 12.6. The molecule has 0 atom stereocenters. The van der Waals surface area contributed by atoms with Crippen molar-refractivity contribution in [3.8, 4) is 0 Å². The minimum absolute atomic E-state index is 0. The zero-order valence-corrected chi connectivity index (χ0v) is 13.3. The zero-order chi connectivity index (χ0) is 15.7. The minimum atomic E-state index is -0.504. The molecule has 0 aliphatic carbocycles. The van der Waals surface area contributed by atoms with E-state index in [0.717, 1.165) is 0 Å². The third-order valence-corrected chi connectivity index (χ3v) is 2.39. The molecule has 0 fully saturated rings. The zero-order valence-electron chi connectivity index (χ0n) is 12.5. The summed E-state index contributed by atoms with van der Waals surface area (Å²) in [6, 6.07) is 6.12. The number of benzene rings is 1. The Morgan fingerprint density at radius 2 is 1.68 bits per heavy atom. The van der Waals surface area contributed by atoms with Crippen LogP contribution in [0.15, 0.2) is 24.3 Å². The number of urea groups is 1. The maximum Gasteiger partial charge on any atom is 0.325 e. The molecule has 0 bridgehead atoms.